The van der Waals surface area contributed by atoms with Crippen LogP contribution in [0.3, 0.4) is 0 Å². The van der Waals surface area contributed by atoms with Gasteiger partial charge in [-0.2, -0.15) is 5.10 Å². The Hall–Kier alpha value is -1.91. The second-order valence-corrected chi connectivity index (χ2v) is 3.70. The smallest absolute Gasteiger partial charge is 0.253 e. The maximum Gasteiger partial charge on any atom is 0.253 e. The highest BCUT2D eigenvalue weighted by molar-refractivity contribution is 6.01. The lowest BCUT2D eigenvalue weighted by Gasteiger charge is -2.16. The molecule has 0 aliphatic carbocycles. The third-order valence-electron chi connectivity index (χ3n) is 2.78. The summed E-state index contributed by atoms with van der Waals surface area (Å²) in [5, 5.41) is 10.8. The van der Waals surface area contributed by atoms with Crippen molar-refractivity contribution in [3.05, 3.63) is 23.0 Å². The Morgan fingerprint density at radius 2 is 2.33 bits per heavy atom. The zero-order chi connectivity index (χ0) is 10.4. The number of carbonyl (C=O) groups is 1. The Morgan fingerprint density at radius 1 is 1.47 bits per heavy atom. The van der Waals surface area contributed by atoms with E-state index in [0.717, 1.165) is 23.1 Å². The van der Waals surface area contributed by atoms with Gasteiger partial charge >= 0.3 is 0 Å². The molecule has 0 unspecified atom stereocenters. The molecular weight excluding hydrogens is 192 g/mol. The van der Waals surface area contributed by atoms with Crippen LogP contribution in [0.4, 0.5) is 0 Å². The van der Waals surface area contributed by atoms with Crippen molar-refractivity contribution >= 4 is 16.9 Å². The fraction of sp³-hybridized carbons (Fsp3) is 0.300. The lowest BCUT2D eigenvalue weighted by molar-refractivity contribution is 0.0946. The van der Waals surface area contributed by atoms with Crippen molar-refractivity contribution in [1.29, 1.82) is 0 Å². The molecular formula is C10H10N4O. The molecule has 2 aromatic rings. The molecule has 1 aliphatic rings. The van der Waals surface area contributed by atoms with Gasteiger partial charge in [-0.3, -0.25) is 9.89 Å². The molecule has 0 saturated carbocycles. The second kappa shape index (κ2) is 2.79. The van der Waals surface area contributed by atoms with Gasteiger partial charge in [-0.1, -0.05) is 0 Å². The number of rotatable bonds is 0. The number of hydrogen-bond acceptors (Lipinski definition) is 3. The van der Waals surface area contributed by atoms with Gasteiger partial charge in [0.1, 0.15) is 0 Å². The van der Waals surface area contributed by atoms with Crippen molar-refractivity contribution in [2.24, 2.45) is 0 Å². The van der Waals surface area contributed by atoms with E-state index in [-0.39, 0.29) is 5.91 Å². The van der Waals surface area contributed by atoms with Gasteiger partial charge in [0.05, 0.1) is 5.56 Å². The number of amides is 1. The minimum absolute atomic E-state index is 0.0359. The second-order valence-electron chi connectivity index (χ2n) is 3.70. The van der Waals surface area contributed by atoms with Crippen LogP contribution in [0.25, 0.3) is 11.0 Å². The predicted molar refractivity (Wildman–Crippen MR) is 54.7 cm³/mol. The summed E-state index contributed by atoms with van der Waals surface area (Å²) in [6.07, 6.45) is 2.45. The van der Waals surface area contributed by atoms with Crippen LogP contribution in [0.2, 0.25) is 0 Å². The van der Waals surface area contributed by atoms with Crippen molar-refractivity contribution in [3.63, 3.8) is 0 Å². The summed E-state index contributed by atoms with van der Waals surface area (Å²) in [6.45, 7) is 2.64. The molecule has 1 aliphatic heterocycles. The van der Waals surface area contributed by atoms with Crippen LogP contribution >= 0.6 is 0 Å². The van der Waals surface area contributed by atoms with E-state index in [9.17, 15) is 4.79 Å². The number of pyridine rings is 1. The normalized spacial score (nSPS) is 15.1. The summed E-state index contributed by atoms with van der Waals surface area (Å²) in [5.41, 5.74) is 3.42. The van der Waals surface area contributed by atoms with Crippen LogP contribution in [0.15, 0.2) is 6.20 Å². The third kappa shape index (κ3) is 1.06. The predicted octanol–water partition coefficient (Wildman–Crippen LogP) is 0.552. The fourth-order valence-electron chi connectivity index (χ4n) is 2.06. The Kier molecular flexibility index (Phi) is 1.56. The first kappa shape index (κ1) is 8.40. The van der Waals surface area contributed by atoms with Gasteiger partial charge in [0, 0.05) is 23.8 Å². The van der Waals surface area contributed by atoms with E-state index in [2.05, 4.69) is 20.5 Å². The molecule has 2 aromatic heterocycles. The Bertz CT molecular complexity index is 558. The highest BCUT2D eigenvalue weighted by Crippen LogP contribution is 2.24. The molecule has 3 heterocycles. The van der Waals surface area contributed by atoms with Gasteiger partial charge in [-0.15, -0.1) is 0 Å². The molecule has 0 fully saturated rings. The fourth-order valence-corrected chi connectivity index (χ4v) is 2.06. The Balaban J connectivity index is 2.41. The molecule has 0 saturated heterocycles. The molecule has 0 radical (unpaired) electrons. The zero-order valence-corrected chi connectivity index (χ0v) is 8.29. The SMILES string of the molecule is Cc1[nH]nc2ncc3c(c12)CCNC3=O. The quantitative estimate of drug-likeness (QED) is 0.655. The summed E-state index contributed by atoms with van der Waals surface area (Å²) in [5.74, 6) is -0.0359. The first-order chi connectivity index (χ1) is 7.27. The van der Waals surface area contributed by atoms with Gasteiger partial charge in [0.15, 0.2) is 5.65 Å². The minimum Gasteiger partial charge on any atom is -0.352 e. The van der Waals surface area contributed by atoms with Crippen LogP contribution in [-0.2, 0) is 6.42 Å². The number of aromatic amines is 1. The number of aryl methyl sites for hydroxylation is 1. The topological polar surface area (TPSA) is 70.7 Å². The summed E-state index contributed by atoms with van der Waals surface area (Å²) < 4.78 is 0. The lowest BCUT2D eigenvalue weighted by atomic mass is 9.99. The largest absolute Gasteiger partial charge is 0.352 e. The Labute approximate surface area is 85.9 Å². The molecule has 0 atom stereocenters. The van der Waals surface area contributed by atoms with Crippen molar-refractivity contribution in [3.8, 4) is 0 Å². The summed E-state index contributed by atoms with van der Waals surface area (Å²) in [6, 6.07) is 0. The number of H-pyrrole nitrogens is 1. The number of aromatic nitrogens is 3. The molecule has 0 aromatic carbocycles. The van der Waals surface area contributed by atoms with E-state index in [1.807, 2.05) is 6.92 Å². The zero-order valence-electron chi connectivity index (χ0n) is 8.29. The summed E-state index contributed by atoms with van der Waals surface area (Å²) in [4.78, 5) is 15.7. The monoisotopic (exact) mass is 202 g/mol. The van der Waals surface area contributed by atoms with Crippen LogP contribution < -0.4 is 5.32 Å². The molecule has 0 bridgehead atoms. The van der Waals surface area contributed by atoms with E-state index in [1.165, 1.54) is 0 Å². The van der Waals surface area contributed by atoms with Crippen molar-refractivity contribution in [1.82, 2.24) is 20.5 Å². The van der Waals surface area contributed by atoms with Crippen LogP contribution in [0.5, 0.6) is 0 Å². The van der Waals surface area contributed by atoms with Crippen molar-refractivity contribution < 1.29 is 4.79 Å². The van der Waals surface area contributed by atoms with Gasteiger partial charge < -0.3 is 5.32 Å². The molecule has 2 N–H and O–H groups in total. The molecule has 15 heavy (non-hydrogen) atoms. The standard InChI is InChI=1S/C10H10N4O/c1-5-8-6-2-3-11-10(15)7(6)4-12-9(8)14-13-5/h4H,2-3H2,1H3,(H,11,15)(H,12,13,14). The third-order valence-corrected chi connectivity index (χ3v) is 2.78. The van der Waals surface area contributed by atoms with E-state index >= 15 is 0 Å². The number of carbonyl (C=O) groups excluding carboxylic acids is 1. The maximum atomic E-state index is 11.6. The van der Waals surface area contributed by atoms with Crippen LogP contribution in [0.1, 0.15) is 21.6 Å². The first-order valence-corrected chi connectivity index (χ1v) is 4.88. The number of hydrogen-bond donors (Lipinski definition) is 2. The highest BCUT2D eigenvalue weighted by Gasteiger charge is 2.21. The lowest BCUT2D eigenvalue weighted by Crippen LogP contribution is -2.32. The highest BCUT2D eigenvalue weighted by atomic mass is 16.1. The van der Waals surface area contributed by atoms with Crippen LogP contribution in [-0.4, -0.2) is 27.6 Å². The van der Waals surface area contributed by atoms with Gasteiger partial charge in [-0.05, 0) is 18.9 Å². The summed E-state index contributed by atoms with van der Waals surface area (Å²) in [7, 11) is 0. The number of fused-ring (bicyclic) bond motifs is 3. The van der Waals surface area contributed by atoms with E-state index in [4.69, 9.17) is 0 Å². The first-order valence-electron chi connectivity index (χ1n) is 4.88. The Morgan fingerprint density at radius 3 is 3.20 bits per heavy atom. The number of nitrogens with zero attached hydrogens (tertiary/aromatic N) is 2. The van der Waals surface area contributed by atoms with E-state index in [0.29, 0.717) is 17.8 Å². The average molecular weight is 202 g/mol. The van der Waals surface area contributed by atoms with Crippen LogP contribution in [0, 0.1) is 6.92 Å². The van der Waals surface area contributed by atoms with Gasteiger partial charge in [-0.25, -0.2) is 4.98 Å². The summed E-state index contributed by atoms with van der Waals surface area (Å²) >= 11 is 0. The van der Waals surface area contributed by atoms with Gasteiger partial charge in [0.25, 0.3) is 5.91 Å². The molecule has 5 heteroatoms. The molecule has 3 rings (SSSR count). The van der Waals surface area contributed by atoms with Crippen molar-refractivity contribution in [2.45, 2.75) is 13.3 Å². The number of nitrogens with one attached hydrogen (secondary N) is 2. The van der Waals surface area contributed by atoms with E-state index < -0.39 is 0 Å². The maximum absolute atomic E-state index is 11.6. The average Bonchev–Trinajstić information content (AvgIpc) is 2.61. The molecule has 1 amide bonds. The molecule has 5 nitrogen and oxygen atoms in total. The van der Waals surface area contributed by atoms with Crippen molar-refractivity contribution in [2.75, 3.05) is 6.54 Å². The van der Waals surface area contributed by atoms with Gasteiger partial charge in [0.2, 0.25) is 0 Å². The van der Waals surface area contributed by atoms with E-state index in [1.54, 1.807) is 6.20 Å². The molecule has 0 spiro atoms. The molecule has 76 valence electrons. The minimum atomic E-state index is -0.0359.